The van der Waals surface area contributed by atoms with Crippen LogP contribution in [0.5, 0.6) is 5.75 Å². The Morgan fingerprint density at radius 2 is 1.64 bits per heavy atom. The minimum atomic E-state index is -0.116. The van der Waals surface area contributed by atoms with E-state index in [0.717, 1.165) is 36.6 Å². The number of anilines is 2. The summed E-state index contributed by atoms with van der Waals surface area (Å²) in [7, 11) is 1.64. The van der Waals surface area contributed by atoms with Gasteiger partial charge in [0.15, 0.2) is 0 Å². The number of urea groups is 1. The minimum Gasteiger partial charge on any atom is -0.497 e. The molecule has 1 heterocycles. The fourth-order valence-electron chi connectivity index (χ4n) is 2.96. The molecule has 0 unspecified atom stereocenters. The van der Waals surface area contributed by atoms with E-state index in [2.05, 4.69) is 10.6 Å². The van der Waals surface area contributed by atoms with Crippen molar-refractivity contribution in [3.05, 3.63) is 48.5 Å². The fourth-order valence-corrected chi connectivity index (χ4v) is 3.81. The molecule has 2 N–H and O–H groups in total. The van der Waals surface area contributed by atoms with Gasteiger partial charge in [-0.1, -0.05) is 12.1 Å². The van der Waals surface area contributed by atoms with Crippen LogP contribution in [0.15, 0.2) is 53.4 Å². The Hall–Kier alpha value is -2.67. The molecule has 2 aromatic rings. The standard InChI is InChI=1S/C21H25N3O3S/c1-27-16-8-10-17(11-9-16)28-15-12-20(25)22-18-6-2-3-7-19(18)23-21(26)24-13-4-5-14-24/h2-3,6-11H,4-5,12-15H2,1H3,(H,22,25)(H,23,26). The molecule has 3 rings (SSSR count). The van der Waals surface area contributed by atoms with Crippen molar-refractivity contribution in [2.24, 2.45) is 0 Å². The zero-order chi connectivity index (χ0) is 19.8. The lowest BCUT2D eigenvalue weighted by atomic mass is 10.2. The van der Waals surface area contributed by atoms with Crippen molar-refractivity contribution in [2.75, 3.05) is 36.6 Å². The number of para-hydroxylation sites is 2. The second-order valence-corrected chi connectivity index (χ2v) is 7.66. The van der Waals surface area contributed by atoms with E-state index in [4.69, 9.17) is 4.74 Å². The largest absolute Gasteiger partial charge is 0.497 e. The average molecular weight is 400 g/mol. The lowest BCUT2D eigenvalue weighted by Crippen LogP contribution is -2.32. The number of thioether (sulfide) groups is 1. The van der Waals surface area contributed by atoms with Crippen LogP contribution in [0.3, 0.4) is 0 Å². The number of amides is 3. The van der Waals surface area contributed by atoms with Crippen molar-refractivity contribution < 1.29 is 14.3 Å². The van der Waals surface area contributed by atoms with E-state index in [-0.39, 0.29) is 11.9 Å². The normalized spacial score (nSPS) is 13.2. The quantitative estimate of drug-likeness (QED) is 0.675. The summed E-state index contributed by atoms with van der Waals surface area (Å²) in [4.78, 5) is 27.5. The number of carbonyl (C=O) groups is 2. The van der Waals surface area contributed by atoms with Crippen molar-refractivity contribution >= 4 is 35.1 Å². The average Bonchev–Trinajstić information content (AvgIpc) is 3.25. The van der Waals surface area contributed by atoms with Gasteiger partial charge < -0.3 is 20.3 Å². The summed E-state index contributed by atoms with van der Waals surface area (Å²) < 4.78 is 5.14. The molecule has 2 aromatic carbocycles. The molecule has 28 heavy (non-hydrogen) atoms. The summed E-state index contributed by atoms with van der Waals surface area (Å²) in [6.07, 6.45) is 2.46. The van der Waals surface area contributed by atoms with Gasteiger partial charge in [-0.05, 0) is 49.2 Å². The van der Waals surface area contributed by atoms with Gasteiger partial charge in [0.05, 0.1) is 18.5 Å². The highest BCUT2D eigenvalue weighted by Crippen LogP contribution is 2.24. The summed E-state index contributed by atoms with van der Waals surface area (Å²) in [5.74, 6) is 1.40. The van der Waals surface area contributed by atoms with E-state index in [1.807, 2.05) is 36.4 Å². The van der Waals surface area contributed by atoms with Crippen molar-refractivity contribution in [1.82, 2.24) is 4.90 Å². The van der Waals surface area contributed by atoms with Gasteiger partial charge in [0.1, 0.15) is 5.75 Å². The molecule has 6 nitrogen and oxygen atoms in total. The second-order valence-electron chi connectivity index (χ2n) is 6.49. The van der Waals surface area contributed by atoms with Crippen LogP contribution in [0.1, 0.15) is 19.3 Å². The molecule has 1 aliphatic heterocycles. The number of likely N-dealkylation sites (tertiary alicyclic amines) is 1. The smallest absolute Gasteiger partial charge is 0.321 e. The molecule has 0 bridgehead atoms. The van der Waals surface area contributed by atoms with Gasteiger partial charge in [0.2, 0.25) is 5.91 Å². The molecule has 0 atom stereocenters. The first-order valence-electron chi connectivity index (χ1n) is 9.37. The lowest BCUT2D eigenvalue weighted by molar-refractivity contribution is -0.115. The maximum absolute atomic E-state index is 12.3. The number of benzene rings is 2. The molecule has 0 spiro atoms. The number of hydrogen-bond donors (Lipinski definition) is 2. The summed E-state index contributed by atoms with van der Waals surface area (Å²) in [6, 6.07) is 14.9. The van der Waals surface area contributed by atoms with Crippen LogP contribution in [0.2, 0.25) is 0 Å². The Morgan fingerprint density at radius 1 is 1.00 bits per heavy atom. The molecular weight excluding hydrogens is 374 g/mol. The molecule has 148 valence electrons. The van der Waals surface area contributed by atoms with Crippen LogP contribution in [-0.2, 0) is 4.79 Å². The molecule has 1 saturated heterocycles. The Kier molecular flexibility index (Phi) is 7.19. The van der Waals surface area contributed by atoms with E-state index in [1.165, 1.54) is 0 Å². The number of hydrogen-bond acceptors (Lipinski definition) is 4. The van der Waals surface area contributed by atoms with Crippen LogP contribution < -0.4 is 15.4 Å². The van der Waals surface area contributed by atoms with E-state index in [0.29, 0.717) is 23.5 Å². The minimum absolute atomic E-state index is 0.0797. The summed E-state index contributed by atoms with van der Waals surface area (Å²) in [5.41, 5.74) is 1.24. The third-order valence-corrected chi connectivity index (χ3v) is 5.51. The number of carbonyl (C=O) groups excluding carboxylic acids is 2. The van der Waals surface area contributed by atoms with E-state index < -0.39 is 0 Å². The summed E-state index contributed by atoms with van der Waals surface area (Å²) in [6.45, 7) is 1.56. The highest BCUT2D eigenvalue weighted by atomic mass is 32.2. The topological polar surface area (TPSA) is 70.7 Å². The van der Waals surface area contributed by atoms with Crippen molar-refractivity contribution in [3.63, 3.8) is 0 Å². The van der Waals surface area contributed by atoms with Gasteiger partial charge in [0, 0.05) is 30.2 Å². The molecule has 0 aliphatic carbocycles. The predicted octanol–water partition coefficient (Wildman–Crippen LogP) is 4.44. The van der Waals surface area contributed by atoms with E-state index in [9.17, 15) is 9.59 Å². The Morgan fingerprint density at radius 3 is 2.29 bits per heavy atom. The molecule has 1 aliphatic rings. The fraction of sp³-hybridized carbons (Fsp3) is 0.333. The second kappa shape index (κ2) is 10.0. The highest BCUT2D eigenvalue weighted by Gasteiger charge is 2.19. The van der Waals surface area contributed by atoms with Gasteiger partial charge in [-0.2, -0.15) is 0 Å². The number of nitrogens with one attached hydrogen (secondary N) is 2. The number of nitrogens with zero attached hydrogens (tertiary/aromatic N) is 1. The monoisotopic (exact) mass is 399 g/mol. The molecule has 1 fully saturated rings. The Bertz CT molecular complexity index is 805. The Balaban J connectivity index is 1.49. The van der Waals surface area contributed by atoms with Crippen molar-refractivity contribution in [2.45, 2.75) is 24.2 Å². The van der Waals surface area contributed by atoms with Crippen molar-refractivity contribution in [3.8, 4) is 5.75 Å². The number of methoxy groups -OCH3 is 1. The van der Waals surface area contributed by atoms with E-state index in [1.54, 1.807) is 35.9 Å². The molecule has 0 saturated carbocycles. The van der Waals surface area contributed by atoms with Gasteiger partial charge >= 0.3 is 6.03 Å². The first kappa shape index (κ1) is 20.1. The Labute approximate surface area is 169 Å². The van der Waals surface area contributed by atoms with Crippen LogP contribution in [0, 0.1) is 0 Å². The van der Waals surface area contributed by atoms with Crippen molar-refractivity contribution in [1.29, 1.82) is 0 Å². The lowest BCUT2D eigenvalue weighted by Gasteiger charge is -2.18. The first-order valence-corrected chi connectivity index (χ1v) is 10.4. The molecule has 0 radical (unpaired) electrons. The van der Waals surface area contributed by atoms with Crippen LogP contribution in [0.4, 0.5) is 16.2 Å². The zero-order valence-corrected chi connectivity index (χ0v) is 16.8. The van der Waals surface area contributed by atoms with Gasteiger partial charge in [-0.3, -0.25) is 4.79 Å². The SMILES string of the molecule is COc1ccc(SCCC(=O)Nc2ccccc2NC(=O)N2CCCC2)cc1. The predicted molar refractivity (Wildman–Crippen MR) is 113 cm³/mol. The molecule has 3 amide bonds. The van der Waals surface area contributed by atoms with Crippen LogP contribution >= 0.6 is 11.8 Å². The summed E-state index contributed by atoms with van der Waals surface area (Å²) >= 11 is 1.62. The maximum atomic E-state index is 12.3. The van der Waals surface area contributed by atoms with E-state index >= 15 is 0 Å². The third-order valence-electron chi connectivity index (χ3n) is 4.49. The van der Waals surface area contributed by atoms with Crippen LogP contribution in [-0.4, -0.2) is 42.8 Å². The number of rotatable bonds is 7. The van der Waals surface area contributed by atoms with Gasteiger partial charge in [-0.25, -0.2) is 4.79 Å². The van der Waals surface area contributed by atoms with Gasteiger partial charge in [0.25, 0.3) is 0 Å². The van der Waals surface area contributed by atoms with Gasteiger partial charge in [-0.15, -0.1) is 11.8 Å². The molecular formula is C21H25N3O3S. The van der Waals surface area contributed by atoms with Crippen LogP contribution in [0.25, 0.3) is 0 Å². The zero-order valence-electron chi connectivity index (χ0n) is 15.9. The number of ether oxygens (including phenoxy) is 1. The first-order chi connectivity index (χ1) is 13.7. The molecule has 0 aromatic heterocycles. The molecule has 7 heteroatoms. The highest BCUT2D eigenvalue weighted by molar-refractivity contribution is 7.99. The third kappa shape index (κ3) is 5.66. The summed E-state index contributed by atoms with van der Waals surface area (Å²) in [5, 5.41) is 5.81. The maximum Gasteiger partial charge on any atom is 0.321 e.